The quantitative estimate of drug-likeness (QED) is 0.823. The number of methoxy groups -OCH3 is 1. The van der Waals surface area contributed by atoms with Crippen LogP contribution in [-0.2, 0) is 0 Å². The standard InChI is InChI=1S/C14H24N2O/c1-11(2)10-16(3)14(9-15)12-6-5-7-13(8-12)17-4/h5-8,11,14H,9-10,15H2,1-4H3. The van der Waals surface area contributed by atoms with E-state index >= 15 is 0 Å². The van der Waals surface area contributed by atoms with Gasteiger partial charge in [0.15, 0.2) is 0 Å². The van der Waals surface area contributed by atoms with E-state index in [1.54, 1.807) is 7.11 Å². The Morgan fingerprint density at radius 3 is 2.59 bits per heavy atom. The summed E-state index contributed by atoms with van der Waals surface area (Å²) in [7, 11) is 3.81. The highest BCUT2D eigenvalue weighted by Gasteiger charge is 2.16. The van der Waals surface area contributed by atoms with Crippen LogP contribution >= 0.6 is 0 Å². The molecule has 0 spiro atoms. The van der Waals surface area contributed by atoms with Gasteiger partial charge in [0.05, 0.1) is 7.11 Å². The van der Waals surface area contributed by atoms with E-state index in [4.69, 9.17) is 10.5 Å². The van der Waals surface area contributed by atoms with Crippen molar-refractivity contribution in [1.29, 1.82) is 0 Å². The van der Waals surface area contributed by atoms with Crippen molar-refractivity contribution in [2.75, 3.05) is 27.2 Å². The molecule has 1 aromatic carbocycles. The number of nitrogens with two attached hydrogens (primary N) is 1. The third-order valence-corrected chi connectivity index (χ3v) is 2.89. The normalized spacial score (nSPS) is 13.1. The average molecular weight is 236 g/mol. The molecule has 0 heterocycles. The Bertz CT molecular complexity index is 339. The molecule has 1 atom stereocenters. The van der Waals surface area contributed by atoms with Crippen LogP contribution in [0.3, 0.4) is 0 Å². The first-order valence-electron chi connectivity index (χ1n) is 6.12. The zero-order valence-corrected chi connectivity index (χ0v) is 11.3. The van der Waals surface area contributed by atoms with Gasteiger partial charge in [-0.2, -0.15) is 0 Å². The molecule has 0 bridgehead atoms. The fraction of sp³-hybridized carbons (Fsp3) is 0.571. The van der Waals surface area contributed by atoms with E-state index in [-0.39, 0.29) is 6.04 Å². The molecule has 0 saturated heterocycles. The summed E-state index contributed by atoms with van der Waals surface area (Å²) in [6, 6.07) is 8.40. The number of likely N-dealkylation sites (N-methyl/N-ethyl adjacent to an activating group) is 1. The lowest BCUT2D eigenvalue weighted by molar-refractivity contribution is 0.223. The predicted molar refractivity (Wildman–Crippen MR) is 72.3 cm³/mol. The highest BCUT2D eigenvalue weighted by atomic mass is 16.5. The first kappa shape index (κ1) is 14.0. The minimum absolute atomic E-state index is 0.257. The summed E-state index contributed by atoms with van der Waals surface area (Å²) in [4.78, 5) is 2.31. The van der Waals surface area contributed by atoms with Crippen molar-refractivity contribution in [3.63, 3.8) is 0 Å². The Morgan fingerprint density at radius 1 is 1.35 bits per heavy atom. The van der Waals surface area contributed by atoms with Crippen molar-refractivity contribution in [2.45, 2.75) is 19.9 Å². The monoisotopic (exact) mass is 236 g/mol. The van der Waals surface area contributed by atoms with Gasteiger partial charge < -0.3 is 10.5 Å². The van der Waals surface area contributed by atoms with Gasteiger partial charge >= 0.3 is 0 Å². The number of nitrogens with zero attached hydrogens (tertiary/aromatic N) is 1. The molecule has 2 N–H and O–H groups in total. The fourth-order valence-corrected chi connectivity index (χ4v) is 2.12. The summed E-state index contributed by atoms with van der Waals surface area (Å²) >= 11 is 0. The van der Waals surface area contributed by atoms with Gasteiger partial charge in [0.2, 0.25) is 0 Å². The van der Waals surface area contributed by atoms with Crippen LogP contribution in [0.15, 0.2) is 24.3 Å². The molecular weight excluding hydrogens is 212 g/mol. The van der Waals surface area contributed by atoms with Crippen molar-refractivity contribution < 1.29 is 4.74 Å². The van der Waals surface area contributed by atoms with E-state index in [2.05, 4.69) is 37.9 Å². The molecule has 1 aromatic rings. The van der Waals surface area contributed by atoms with Crippen LogP contribution in [0, 0.1) is 5.92 Å². The minimum Gasteiger partial charge on any atom is -0.497 e. The van der Waals surface area contributed by atoms with Crippen LogP contribution in [0.4, 0.5) is 0 Å². The zero-order chi connectivity index (χ0) is 12.8. The van der Waals surface area contributed by atoms with E-state index in [0.29, 0.717) is 12.5 Å². The van der Waals surface area contributed by atoms with Crippen LogP contribution in [0.5, 0.6) is 5.75 Å². The lowest BCUT2D eigenvalue weighted by Crippen LogP contribution is -2.33. The molecule has 0 radical (unpaired) electrons. The summed E-state index contributed by atoms with van der Waals surface area (Å²) in [5.74, 6) is 1.53. The van der Waals surface area contributed by atoms with Crippen LogP contribution in [0.2, 0.25) is 0 Å². The Morgan fingerprint density at radius 2 is 2.06 bits per heavy atom. The molecule has 0 aliphatic heterocycles. The summed E-state index contributed by atoms with van der Waals surface area (Å²) in [6.07, 6.45) is 0. The van der Waals surface area contributed by atoms with Crippen molar-refractivity contribution in [3.8, 4) is 5.75 Å². The molecule has 0 fully saturated rings. The molecule has 0 saturated carbocycles. The smallest absolute Gasteiger partial charge is 0.119 e. The second kappa shape index (κ2) is 6.62. The summed E-state index contributed by atoms with van der Waals surface area (Å²) in [5.41, 5.74) is 7.11. The van der Waals surface area contributed by atoms with Gasteiger partial charge in [0, 0.05) is 19.1 Å². The predicted octanol–water partition coefficient (Wildman–Crippen LogP) is 2.28. The maximum Gasteiger partial charge on any atom is 0.119 e. The molecule has 17 heavy (non-hydrogen) atoms. The maximum absolute atomic E-state index is 5.89. The average Bonchev–Trinajstić information content (AvgIpc) is 2.29. The lowest BCUT2D eigenvalue weighted by atomic mass is 10.0. The number of rotatable bonds is 6. The molecule has 1 unspecified atom stereocenters. The van der Waals surface area contributed by atoms with E-state index in [1.807, 2.05) is 12.1 Å². The fourth-order valence-electron chi connectivity index (χ4n) is 2.12. The summed E-state index contributed by atoms with van der Waals surface area (Å²) < 4.78 is 5.25. The topological polar surface area (TPSA) is 38.5 Å². The molecule has 0 aromatic heterocycles. The maximum atomic E-state index is 5.89. The van der Waals surface area contributed by atoms with E-state index in [0.717, 1.165) is 12.3 Å². The second-order valence-corrected chi connectivity index (χ2v) is 4.86. The van der Waals surface area contributed by atoms with Gasteiger partial charge in [0.25, 0.3) is 0 Å². The zero-order valence-electron chi connectivity index (χ0n) is 11.3. The Hall–Kier alpha value is -1.06. The molecule has 3 heteroatoms. The Kier molecular flexibility index (Phi) is 5.45. The van der Waals surface area contributed by atoms with E-state index in [1.165, 1.54) is 5.56 Å². The van der Waals surface area contributed by atoms with Gasteiger partial charge in [-0.15, -0.1) is 0 Å². The van der Waals surface area contributed by atoms with Crippen LogP contribution in [-0.4, -0.2) is 32.1 Å². The Balaban J connectivity index is 2.84. The van der Waals surface area contributed by atoms with Crippen molar-refractivity contribution in [3.05, 3.63) is 29.8 Å². The molecule has 96 valence electrons. The second-order valence-electron chi connectivity index (χ2n) is 4.86. The van der Waals surface area contributed by atoms with Crippen molar-refractivity contribution in [2.24, 2.45) is 11.7 Å². The van der Waals surface area contributed by atoms with Gasteiger partial charge in [-0.25, -0.2) is 0 Å². The molecule has 0 aliphatic rings. The highest BCUT2D eigenvalue weighted by molar-refractivity contribution is 5.30. The molecular formula is C14H24N2O. The summed E-state index contributed by atoms with van der Waals surface area (Å²) in [5, 5.41) is 0. The number of ether oxygens (including phenoxy) is 1. The van der Waals surface area contributed by atoms with Gasteiger partial charge in [-0.3, -0.25) is 4.90 Å². The first-order chi connectivity index (χ1) is 8.08. The Labute approximate surface area is 105 Å². The SMILES string of the molecule is COc1cccc(C(CN)N(C)CC(C)C)c1. The highest BCUT2D eigenvalue weighted by Crippen LogP contribution is 2.23. The van der Waals surface area contributed by atoms with Gasteiger partial charge in [-0.05, 0) is 30.7 Å². The number of hydrogen-bond acceptors (Lipinski definition) is 3. The van der Waals surface area contributed by atoms with E-state index < -0.39 is 0 Å². The molecule has 1 rings (SSSR count). The lowest BCUT2D eigenvalue weighted by Gasteiger charge is -2.29. The van der Waals surface area contributed by atoms with Crippen molar-refractivity contribution in [1.82, 2.24) is 4.90 Å². The first-order valence-corrected chi connectivity index (χ1v) is 6.12. The number of benzene rings is 1. The van der Waals surface area contributed by atoms with Crippen molar-refractivity contribution >= 4 is 0 Å². The van der Waals surface area contributed by atoms with Crippen LogP contribution < -0.4 is 10.5 Å². The van der Waals surface area contributed by atoms with Gasteiger partial charge in [-0.1, -0.05) is 26.0 Å². The van der Waals surface area contributed by atoms with E-state index in [9.17, 15) is 0 Å². The minimum atomic E-state index is 0.257. The van der Waals surface area contributed by atoms with Gasteiger partial charge in [0.1, 0.15) is 5.75 Å². The molecule has 0 aliphatic carbocycles. The molecule has 3 nitrogen and oxygen atoms in total. The third-order valence-electron chi connectivity index (χ3n) is 2.89. The third kappa shape index (κ3) is 4.02. The largest absolute Gasteiger partial charge is 0.497 e. The van der Waals surface area contributed by atoms with Crippen LogP contribution in [0.25, 0.3) is 0 Å². The van der Waals surface area contributed by atoms with Crippen LogP contribution in [0.1, 0.15) is 25.5 Å². The number of hydrogen-bond donors (Lipinski definition) is 1. The molecule has 0 amide bonds. The summed E-state index contributed by atoms with van der Waals surface area (Å²) in [6.45, 7) is 6.10.